The quantitative estimate of drug-likeness (QED) is 0.368. The fourth-order valence-corrected chi connectivity index (χ4v) is 4.35. The summed E-state index contributed by atoms with van der Waals surface area (Å²) in [6.07, 6.45) is 11.7. The van der Waals surface area contributed by atoms with Crippen LogP contribution in [-0.4, -0.2) is 21.8 Å². The van der Waals surface area contributed by atoms with E-state index < -0.39 is 8.56 Å². The molecule has 0 unspecified atom stereocenters. The third kappa shape index (κ3) is 9.19. The molecule has 2 nitrogen and oxygen atoms in total. The van der Waals surface area contributed by atoms with Gasteiger partial charge in [-0.3, -0.25) is 0 Å². The Labute approximate surface area is 121 Å². The molecule has 0 heterocycles. The topological polar surface area (TPSA) is 18.5 Å². The summed E-state index contributed by atoms with van der Waals surface area (Å²) in [4.78, 5) is 0. The summed E-state index contributed by atoms with van der Waals surface area (Å²) in [6, 6.07) is 0. The van der Waals surface area contributed by atoms with Gasteiger partial charge in [-0.15, -0.1) is 0 Å². The minimum Gasteiger partial charge on any atom is -0.389 e. The number of rotatable bonds is 12. The highest BCUT2D eigenvalue weighted by Gasteiger charge is 2.30. The Kier molecular flexibility index (Phi) is 12.4. The maximum atomic E-state index is 5.97. The average Bonchev–Trinajstić information content (AvgIpc) is 2.41. The second-order valence-electron chi connectivity index (χ2n) is 4.68. The molecule has 0 aliphatic rings. The van der Waals surface area contributed by atoms with E-state index in [1.807, 2.05) is 13.8 Å². The smallest absolute Gasteiger partial charge is 0.389 e. The van der Waals surface area contributed by atoms with Gasteiger partial charge < -0.3 is 8.85 Å². The van der Waals surface area contributed by atoms with Gasteiger partial charge in [0.1, 0.15) is 0 Å². The van der Waals surface area contributed by atoms with Crippen LogP contribution in [0.15, 0.2) is 23.6 Å². The molecule has 19 heavy (non-hydrogen) atoms. The van der Waals surface area contributed by atoms with E-state index >= 15 is 0 Å². The first-order chi connectivity index (χ1) is 9.24. The number of hydrogen-bond donors (Lipinski definition) is 0. The predicted octanol–water partition coefficient (Wildman–Crippen LogP) is 5.07. The Bertz CT molecular complexity index is 223. The fourth-order valence-electron chi connectivity index (χ4n) is 1.88. The van der Waals surface area contributed by atoms with Gasteiger partial charge in [-0.25, -0.2) is 0 Å². The first-order valence-electron chi connectivity index (χ1n) is 7.87. The van der Waals surface area contributed by atoms with E-state index in [1.165, 1.54) is 25.7 Å². The summed E-state index contributed by atoms with van der Waals surface area (Å²) in [5, 5.41) is 0. The zero-order valence-corrected chi connectivity index (χ0v) is 14.3. The Balaban J connectivity index is 4.64. The maximum Gasteiger partial charge on any atom is 0.391 e. The van der Waals surface area contributed by atoms with Crippen molar-refractivity contribution in [2.75, 3.05) is 13.2 Å². The molecule has 0 bridgehead atoms. The molecule has 0 spiro atoms. The second-order valence-corrected chi connectivity index (χ2v) is 7.36. The van der Waals surface area contributed by atoms with Gasteiger partial charge in [0, 0.05) is 13.2 Å². The molecular formula is C16H32O2Si. The second kappa shape index (κ2) is 12.6. The first kappa shape index (κ1) is 18.6. The maximum absolute atomic E-state index is 5.97. The Morgan fingerprint density at radius 1 is 0.737 bits per heavy atom. The molecule has 0 aliphatic carbocycles. The average molecular weight is 285 g/mol. The molecule has 0 rings (SSSR count). The Hall–Kier alpha value is -0.383. The summed E-state index contributed by atoms with van der Waals surface area (Å²) < 4.78 is 11.9. The fraction of sp³-hybridized carbons (Fsp3) is 0.750. The summed E-state index contributed by atoms with van der Waals surface area (Å²) >= 11 is 0. The van der Waals surface area contributed by atoms with Gasteiger partial charge in [0.2, 0.25) is 0 Å². The molecule has 0 aromatic heterocycles. The van der Waals surface area contributed by atoms with Crippen LogP contribution in [0.25, 0.3) is 0 Å². The normalized spacial score (nSPS) is 12.8. The van der Waals surface area contributed by atoms with Crippen molar-refractivity contribution in [1.82, 2.24) is 0 Å². The Morgan fingerprint density at radius 2 is 1.16 bits per heavy atom. The number of unbranched alkanes of at least 4 members (excludes halogenated alkanes) is 4. The molecule has 0 aromatic rings. The van der Waals surface area contributed by atoms with Crippen molar-refractivity contribution in [2.24, 2.45) is 0 Å². The van der Waals surface area contributed by atoms with Crippen LogP contribution in [0.2, 0.25) is 0 Å². The van der Waals surface area contributed by atoms with Crippen LogP contribution in [0, 0.1) is 0 Å². The van der Waals surface area contributed by atoms with Crippen LogP contribution in [0.4, 0.5) is 0 Å². The summed E-state index contributed by atoms with van der Waals surface area (Å²) in [6.45, 7) is 9.94. The highest BCUT2D eigenvalue weighted by molar-refractivity contribution is 6.77. The molecule has 0 aromatic carbocycles. The van der Waals surface area contributed by atoms with Crippen molar-refractivity contribution < 1.29 is 8.85 Å². The molecular weight excluding hydrogens is 252 g/mol. The van der Waals surface area contributed by atoms with E-state index in [-0.39, 0.29) is 0 Å². The van der Waals surface area contributed by atoms with Crippen LogP contribution >= 0.6 is 0 Å². The monoisotopic (exact) mass is 284 g/mol. The zero-order valence-electron chi connectivity index (χ0n) is 13.3. The van der Waals surface area contributed by atoms with Crippen molar-refractivity contribution in [3.05, 3.63) is 23.6 Å². The molecule has 0 amide bonds. The van der Waals surface area contributed by atoms with E-state index in [0.717, 1.165) is 12.8 Å². The SMILES string of the molecule is CCCCC=C[Si](C=CCCCC)(OCC)OCC. The third-order valence-electron chi connectivity index (χ3n) is 2.89. The van der Waals surface area contributed by atoms with E-state index in [1.54, 1.807) is 0 Å². The molecule has 0 radical (unpaired) electrons. The molecule has 3 heteroatoms. The minimum atomic E-state index is -2.26. The lowest BCUT2D eigenvalue weighted by Crippen LogP contribution is -2.39. The van der Waals surface area contributed by atoms with Crippen molar-refractivity contribution in [1.29, 1.82) is 0 Å². The van der Waals surface area contributed by atoms with Gasteiger partial charge in [-0.1, -0.05) is 51.7 Å². The van der Waals surface area contributed by atoms with Crippen LogP contribution in [0.3, 0.4) is 0 Å². The van der Waals surface area contributed by atoms with Gasteiger partial charge in [-0.05, 0) is 38.1 Å². The highest BCUT2D eigenvalue weighted by Crippen LogP contribution is 2.14. The minimum absolute atomic E-state index is 0.711. The number of allylic oxidation sites excluding steroid dienone is 2. The molecule has 0 N–H and O–H groups in total. The predicted molar refractivity (Wildman–Crippen MR) is 86.3 cm³/mol. The molecule has 0 saturated carbocycles. The lowest BCUT2D eigenvalue weighted by molar-refractivity contribution is 0.206. The molecule has 0 aliphatic heterocycles. The van der Waals surface area contributed by atoms with E-state index in [9.17, 15) is 0 Å². The molecule has 0 fully saturated rings. The highest BCUT2D eigenvalue weighted by atomic mass is 28.4. The van der Waals surface area contributed by atoms with Gasteiger partial charge in [0.15, 0.2) is 0 Å². The standard InChI is InChI=1S/C16H32O2Si/c1-5-9-11-13-15-19(17-7-3,18-8-4)16-14-12-10-6-2/h13-16H,5-12H2,1-4H3. The van der Waals surface area contributed by atoms with Crippen molar-refractivity contribution >= 4 is 8.56 Å². The van der Waals surface area contributed by atoms with Crippen LogP contribution < -0.4 is 0 Å². The van der Waals surface area contributed by atoms with Crippen molar-refractivity contribution in [3.8, 4) is 0 Å². The lowest BCUT2D eigenvalue weighted by atomic mass is 10.2. The summed E-state index contributed by atoms with van der Waals surface area (Å²) in [5.41, 5.74) is 4.41. The van der Waals surface area contributed by atoms with Gasteiger partial charge in [-0.2, -0.15) is 0 Å². The zero-order chi connectivity index (χ0) is 14.4. The van der Waals surface area contributed by atoms with Crippen LogP contribution in [-0.2, 0) is 8.85 Å². The van der Waals surface area contributed by atoms with E-state index in [0.29, 0.717) is 13.2 Å². The molecule has 0 saturated heterocycles. The van der Waals surface area contributed by atoms with E-state index in [2.05, 4.69) is 37.4 Å². The van der Waals surface area contributed by atoms with Gasteiger partial charge in [0.25, 0.3) is 0 Å². The van der Waals surface area contributed by atoms with Gasteiger partial charge >= 0.3 is 8.56 Å². The lowest BCUT2D eigenvalue weighted by Gasteiger charge is -2.23. The van der Waals surface area contributed by atoms with Gasteiger partial charge in [0.05, 0.1) is 0 Å². The molecule has 0 atom stereocenters. The largest absolute Gasteiger partial charge is 0.391 e. The third-order valence-corrected chi connectivity index (χ3v) is 5.77. The van der Waals surface area contributed by atoms with Crippen molar-refractivity contribution in [2.45, 2.75) is 66.2 Å². The van der Waals surface area contributed by atoms with Crippen LogP contribution in [0.5, 0.6) is 0 Å². The summed E-state index contributed by atoms with van der Waals surface area (Å²) in [7, 11) is -2.26. The van der Waals surface area contributed by atoms with Crippen molar-refractivity contribution in [3.63, 3.8) is 0 Å². The van der Waals surface area contributed by atoms with Crippen LogP contribution in [0.1, 0.15) is 66.2 Å². The molecule has 112 valence electrons. The summed E-state index contributed by atoms with van der Waals surface area (Å²) in [5.74, 6) is 0. The van der Waals surface area contributed by atoms with E-state index in [4.69, 9.17) is 8.85 Å². The Morgan fingerprint density at radius 3 is 1.47 bits per heavy atom. The number of hydrogen-bond acceptors (Lipinski definition) is 2. The first-order valence-corrected chi connectivity index (χ1v) is 9.85.